The maximum atomic E-state index is 17.0. The zero-order valence-corrected chi connectivity index (χ0v) is 26.6. The number of benzene rings is 2. The van der Waals surface area contributed by atoms with Gasteiger partial charge in [0.2, 0.25) is 5.91 Å². The summed E-state index contributed by atoms with van der Waals surface area (Å²) in [5.41, 5.74) is 2.80. The lowest BCUT2D eigenvalue weighted by molar-refractivity contribution is -0.378. The first-order chi connectivity index (χ1) is 23.8. The maximum absolute atomic E-state index is 17.0. The van der Waals surface area contributed by atoms with E-state index in [4.69, 9.17) is 21.6 Å². The molecule has 5 aliphatic rings. The van der Waals surface area contributed by atoms with Crippen LogP contribution in [0.2, 0.25) is 0 Å². The SMILES string of the molecule is C#Cc1c(F)ccc2cc(N)cc(-c3ncc4c(N5CCOCC6CC65)nc(OC(O)(O)[C@]56CC(F)CN5C(O)(O)CC65CC5)nc4c3F)c12. The van der Waals surface area contributed by atoms with E-state index >= 15 is 8.78 Å². The topological polar surface area (TPSA) is 171 Å². The number of nitrogen functional groups attached to an aromatic ring is 1. The van der Waals surface area contributed by atoms with Crippen LogP contribution in [0.25, 0.3) is 32.9 Å². The van der Waals surface area contributed by atoms with Gasteiger partial charge in [0, 0.05) is 66.1 Å². The number of aliphatic hydroxyl groups is 4. The summed E-state index contributed by atoms with van der Waals surface area (Å²) in [7, 11) is 0. The van der Waals surface area contributed by atoms with Crippen molar-refractivity contribution >= 4 is 33.2 Å². The van der Waals surface area contributed by atoms with Gasteiger partial charge in [0.25, 0.3) is 0 Å². The Labute approximate surface area is 283 Å². The van der Waals surface area contributed by atoms with E-state index < -0.39 is 59.6 Å². The van der Waals surface area contributed by atoms with Crippen LogP contribution in [0, 0.1) is 35.3 Å². The number of ether oxygens (including phenoxy) is 2. The summed E-state index contributed by atoms with van der Waals surface area (Å²) in [4.78, 5) is 16.2. The van der Waals surface area contributed by atoms with Crippen LogP contribution < -0.4 is 15.4 Å². The van der Waals surface area contributed by atoms with Crippen molar-refractivity contribution in [3.63, 3.8) is 0 Å². The number of nitrogens with zero attached hydrogens (tertiary/aromatic N) is 5. The van der Waals surface area contributed by atoms with Gasteiger partial charge in [-0.1, -0.05) is 12.0 Å². The molecule has 5 heterocycles. The van der Waals surface area contributed by atoms with Crippen LogP contribution in [0.4, 0.5) is 24.7 Å². The van der Waals surface area contributed by atoms with E-state index in [0.29, 0.717) is 38.0 Å². The highest BCUT2D eigenvalue weighted by Gasteiger charge is 2.83. The van der Waals surface area contributed by atoms with Gasteiger partial charge in [0.05, 0.1) is 24.2 Å². The van der Waals surface area contributed by atoms with Gasteiger partial charge in [-0.3, -0.25) is 4.98 Å². The molecular weight excluding hydrogens is 657 g/mol. The number of nitrogens with two attached hydrogens (primary N) is 1. The minimum Gasteiger partial charge on any atom is -0.404 e. The van der Waals surface area contributed by atoms with Gasteiger partial charge >= 0.3 is 12.0 Å². The highest BCUT2D eigenvalue weighted by Crippen LogP contribution is 2.72. The molecule has 1 spiro atoms. The van der Waals surface area contributed by atoms with E-state index in [2.05, 4.69) is 20.9 Å². The minimum absolute atomic E-state index is 0.0107. The standard InChI is InChI=1S/C35H33F3N6O6/c1-2-21-24(37)4-3-17-9-20(39)11-22(26(17)21)28-27(38)29-23(13-40-28)30(43-7-8-49-15-18-10-25(18)43)42-31(41-29)50-35(47,48)33-12-19(36)14-44(33)34(45,46)16-32(33)5-6-32/h1,3-4,9,11,13,18-19,25,45-48H,5-8,10,12,14-16,39H2/t18?,19?,25?,33-/m1/s1. The number of rotatable bonds is 5. The molecule has 0 radical (unpaired) electrons. The molecule has 6 N–H and O–H groups in total. The number of pyridine rings is 1. The number of halogens is 3. The van der Waals surface area contributed by atoms with Gasteiger partial charge in [0.15, 0.2) is 5.82 Å². The number of anilines is 2. The van der Waals surface area contributed by atoms with Crippen molar-refractivity contribution in [1.82, 2.24) is 19.9 Å². The fourth-order valence-electron chi connectivity index (χ4n) is 8.99. The molecule has 0 bridgehead atoms. The van der Waals surface area contributed by atoms with Crippen molar-refractivity contribution in [3.05, 3.63) is 47.7 Å². The van der Waals surface area contributed by atoms with Crippen LogP contribution in [0.15, 0.2) is 30.5 Å². The maximum Gasteiger partial charge on any atom is 0.344 e. The predicted molar refractivity (Wildman–Crippen MR) is 173 cm³/mol. The van der Waals surface area contributed by atoms with Crippen molar-refractivity contribution in [2.24, 2.45) is 11.3 Å². The number of hydrogen-bond acceptors (Lipinski definition) is 12. The monoisotopic (exact) mass is 690 g/mol. The van der Waals surface area contributed by atoms with Crippen molar-refractivity contribution in [3.8, 4) is 29.6 Å². The second-order valence-corrected chi connectivity index (χ2v) is 14.3. The Morgan fingerprint density at radius 1 is 1.16 bits per heavy atom. The molecule has 3 aliphatic heterocycles. The summed E-state index contributed by atoms with van der Waals surface area (Å²) < 4.78 is 58.5. The number of hydrogen-bond donors (Lipinski definition) is 5. The van der Waals surface area contributed by atoms with Gasteiger partial charge in [-0.05, 0) is 42.8 Å². The molecular formula is C35H33F3N6O6. The average molecular weight is 691 g/mol. The third-order valence-electron chi connectivity index (χ3n) is 11.4. The van der Waals surface area contributed by atoms with E-state index in [0.717, 1.165) is 11.3 Å². The molecule has 2 aromatic carbocycles. The predicted octanol–water partition coefficient (Wildman–Crippen LogP) is 2.53. The summed E-state index contributed by atoms with van der Waals surface area (Å²) in [5, 5.41) is 46.2. The Bertz CT molecular complexity index is 2160. The normalized spacial score (nSPS) is 28.0. The molecule has 3 unspecified atom stereocenters. The first kappa shape index (κ1) is 31.7. The van der Waals surface area contributed by atoms with E-state index in [9.17, 15) is 24.8 Å². The first-order valence-electron chi connectivity index (χ1n) is 16.5. The molecule has 2 saturated carbocycles. The minimum atomic E-state index is -3.25. The molecule has 2 aliphatic carbocycles. The molecule has 260 valence electrons. The molecule has 12 nitrogen and oxygen atoms in total. The molecule has 15 heteroatoms. The van der Waals surface area contributed by atoms with Gasteiger partial charge in [0.1, 0.15) is 34.6 Å². The molecule has 2 aromatic heterocycles. The number of fused-ring (bicyclic) bond motifs is 5. The lowest BCUT2D eigenvalue weighted by Crippen LogP contribution is -2.68. The van der Waals surface area contributed by atoms with Crippen LogP contribution in [0.1, 0.15) is 37.7 Å². The van der Waals surface area contributed by atoms with Gasteiger partial charge < -0.3 is 40.5 Å². The summed E-state index contributed by atoms with van der Waals surface area (Å²) in [6.07, 6.45) is 6.23. The van der Waals surface area contributed by atoms with Crippen LogP contribution in [-0.4, -0.2) is 96.2 Å². The molecule has 4 aromatic rings. The number of terminal acetylenes is 1. The summed E-state index contributed by atoms with van der Waals surface area (Å²) in [6.45, 7) is 0.772. The van der Waals surface area contributed by atoms with Crippen molar-refractivity contribution < 1.29 is 43.1 Å². The Morgan fingerprint density at radius 3 is 2.72 bits per heavy atom. The van der Waals surface area contributed by atoms with Gasteiger partial charge in [-0.15, -0.1) is 6.42 Å². The lowest BCUT2D eigenvalue weighted by atomic mass is 9.77. The number of alkyl halides is 1. The van der Waals surface area contributed by atoms with E-state index in [-0.39, 0.29) is 63.0 Å². The smallest absolute Gasteiger partial charge is 0.344 e. The van der Waals surface area contributed by atoms with Crippen molar-refractivity contribution in [2.75, 3.05) is 36.9 Å². The molecule has 50 heavy (non-hydrogen) atoms. The molecule has 0 amide bonds. The zero-order chi connectivity index (χ0) is 35.0. The molecule has 4 atom stereocenters. The molecule has 9 rings (SSSR count). The second kappa shape index (κ2) is 10.4. The average Bonchev–Trinajstić information content (AvgIpc) is 3.96. The summed E-state index contributed by atoms with van der Waals surface area (Å²) >= 11 is 0. The zero-order valence-electron chi connectivity index (χ0n) is 26.6. The third kappa shape index (κ3) is 4.33. The first-order valence-corrected chi connectivity index (χ1v) is 16.5. The highest BCUT2D eigenvalue weighted by molar-refractivity contribution is 6.03. The molecule has 3 saturated heterocycles. The van der Waals surface area contributed by atoms with E-state index in [1.165, 1.54) is 24.4 Å². The van der Waals surface area contributed by atoms with Crippen LogP contribution in [0.5, 0.6) is 6.01 Å². The Morgan fingerprint density at radius 2 is 1.96 bits per heavy atom. The highest BCUT2D eigenvalue weighted by atomic mass is 19.1. The van der Waals surface area contributed by atoms with E-state index in [1.807, 2.05) is 4.90 Å². The second-order valence-electron chi connectivity index (χ2n) is 14.3. The van der Waals surface area contributed by atoms with E-state index in [1.54, 1.807) is 6.07 Å². The fraction of sp³-hybridized carbons (Fsp3) is 0.457. The number of aromatic nitrogens is 3. The largest absolute Gasteiger partial charge is 0.404 e. The van der Waals surface area contributed by atoms with Crippen LogP contribution >= 0.6 is 0 Å². The quantitative estimate of drug-likeness (QED) is 0.118. The lowest BCUT2D eigenvalue weighted by Gasteiger charge is -2.45. The van der Waals surface area contributed by atoms with Crippen LogP contribution in [-0.2, 0) is 4.74 Å². The molecule has 5 fully saturated rings. The van der Waals surface area contributed by atoms with Crippen LogP contribution in [0.3, 0.4) is 0 Å². The Kier molecular flexibility index (Phi) is 6.57. The summed E-state index contributed by atoms with van der Waals surface area (Å²) in [5.74, 6) is -4.71. The van der Waals surface area contributed by atoms with Gasteiger partial charge in [-0.25, -0.2) is 18.1 Å². The Balaban J connectivity index is 1.24. The Hall–Kier alpha value is -4.30. The summed E-state index contributed by atoms with van der Waals surface area (Å²) in [6, 6.07) is 5.02. The van der Waals surface area contributed by atoms with Gasteiger partial charge in [-0.2, -0.15) is 9.97 Å². The third-order valence-corrected chi connectivity index (χ3v) is 11.4. The van der Waals surface area contributed by atoms with Crippen molar-refractivity contribution in [2.45, 2.75) is 61.7 Å². The van der Waals surface area contributed by atoms with Crippen molar-refractivity contribution in [1.29, 1.82) is 0 Å². The fourth-order valence-corrected chi connectivity index (χ4v) is 8.99.